The molecule has 3 nitrogen and oxygen atoms in total. The van der Waals surface area contributed by atoms with Gasteiger partial charge in [0.1, 0.15) is 0 Å². The van der Waals surface area contributed by atoms with E-state index in [-0.39, 0.29) is 18.6 Å². The van der Waals surface area contributed by atoms with Crippen LogP contribution in [-0.2, 0) is 6.42 Å². The van der Waals surface area contributed by atoms with Gasteiger partial charge in [0.05, 0.1) is 4.88 Å². The van der Waals surface area contributed by atoms with Gasteiger partial charge in [0.15, 0.2) is 0 Å². The number of aliphatic hydroxyl groups is 1. The van der Waals surface area contributed by atoms with E-state index in [1.54, 1.807) is 11.3 Å². The molecule has 0 aliphatic heterocycles. The summed E-state index contributed by atoms with van der Waals surface area (Å²) in [5.41, 5.74) is 0. The van der Waals surface area contributed by atoms with Gasteiger partial charge >= 0.3 is 0 Å². The van der Waals surface area contributed by atoms with Crippen LogP contribution >= 0.6 is 11.3 Å². The van der Waals surface area contributed by atoms with Crippen LogP contribution in [0, 0.1) is 0 Å². The lowest BCUT2D eigenvalue weighted by atomic mass is 10.2. The molecule has 1 rings (SSSR count). The minimum atomic E-state index is -0.00450. The summed E-state index contributed by atoms with van der Waals surface area (Å²) in [5, 5.41) is 11.6. The van der Waals surface area contributed by atoms with Crippen molar-refractivity contribution in [2.24, 2.45) is 0 Å². The number of hydrogen-bond donors (Lipinski definition) is 2. The van der Waals surface area contributed by atoms with Crippen molar-refractivity contribution in [1.82, 2.24) is 5.32 Å². The Labute approximate surface area is 100 Å². The van der Waals surface area contributed by atoms with Crippen LogP contribution in [0.15, 0.2) is 12.1 Å². The maximum atomic E-state index is 11.8. The molecule has 16 heavy (non-hydrogen) atoms. The van der Waals surface area contributed by atoms with Crippen LogP contribution in [0.5, 0.6) is 0 Å². The van der Waals surface area contributed by atoms with Gasteiger partial charge in [-0.2, -0.15) is 0 Å². The molecule has 2 N–H and O–H groups in total. The van der Waals surface area contributed by atoms with Crippen molar-refractivity contribution >= 4 is 17.2 Å². The minimum absolute atomic E-state index is 0.00450. The number of nitrogens with one attached hydrogen (secondary N) is 1. The molecule has 0 bridgehead atoms. The second-order valence-electron chi connectivity index (χ2n) is 3.86. The summed E-state index contributed by atoms with van der Waals surface area (Å²) in [5.74, 6) is -0.00450. The van der Waals surface area contributed by atoms with E-state index < -0.39 is 0 Å². The Bertz CT molecular complexity index is 336. The monoisotopic (exact) mass is 241 g/mol. The predicted molar refractivity (Wildman–Crippen MR) is 66.9 cm³/mol. The molecule has 0 spiro atoms. The highest BCUT2D eigenvalue weighted by atomic mass is 32.1. The standard InChI is InChI=1S/C12H19NO2S/c1-3-10-6-7-11(16-10)12(15)13-9(2)5-4-8-14/h6-7,9,14H,3-5,8H2,1-2H3,(H,13,15). The fourth-order valence-electron chi connectivity index (χ4n) is 1.45. The second kappa shape index (κ2) is 6.66. The summed E-state index contributed by atoms with van der Waals surface area (Å²) in [6.07, 6.45) is 2.51. The third-order valence-corrected chi connectivity index (χ3v) is 3.63. The number of rotatable bonds is 6. The first-order chi connectivity index (χ1) is 7.67. The Kier molecular flexibility index (Phi) is 5.49. The lowest BCUT2D eigenvalue weighted by Crippen LogP contribution is -2.32. The Morgan fingerprint density at radius 2 is 2.31 bits per heavy atom. The van der Waals surface area contributed by atoms with E-state index >= 15 is 0 Å². The van der Waals surface area contributed by atoms with E-state index in [0.717, 1.165) is 24.1 Å². The zero-order chi connectivity index (χ0) is 12.0. The smallest absolute Gasteiger partial charge is 0.261 e. The average Bonchev–Trinajstić information content (AvgIpc) is 2.74. The molecule has 90 valence electrons. The van der Waals surface area contributed by atoms with Crippen LogP contribution in [0.2, 0.25) is 0 Å². The molecule has 0 saturated heterocycles. The number of amides is 1. The van der Waals surface area contributed by atoms with Gasteiger partial charge in [-0.3, -0.25) is 4.79 Å². The molecule has 0 aromatic carbocycles. The molecule has 0 radical (unpaired) electrons. The molecule has 0 fully saturated rings. The fourth-order valence-corrected chi connectivity index (χ4v) is 2.31. The summed E-state index contributed by atoms with van der Waals surface area (Å²) >= 11 is 1.55. The largest absolute Gasteiger partial charge is 0.396 e. The van der Waals surface area contributed by atoms with Crippen LogP contribution < -0.4 is 5.32 Å². The van der Waals surface area contributed by atoms with Crippen molar-refractivity contribution in [2.45, 2.75) is 39.2 Å². The van der Waals surface area contributed by atoms with Crippen molar-refractivity contribution in [1.29, 1.82) is 0 Å². The lowest BCUT2D eigenvalue weighted by molar-refractivity contribution is 0.0940. The van der Waals surface area contributed by atoms with Crippen molar-refractivity contribution in [3.63, 3.8) is 0 Å². The van der Waals surface area contributed by atoms with Crippen molar-refractivity contribution < 1.29 is 9.90 Å². The molecule has 0 aliphatic carbocycles. The number of hydrogen-bond acceptors (Lipinski definition) is 3. The SMILES string of the molecule is CCc1ccc(C(=O)NC(C)CCCO)s1. The zero-order valence-corrected chi connectivity index (χ0v) is 10.6. The maximum Gasteiger partial charge on any atom is 0.261 e. The normalized spacial score (nSPS) is 12.4. The van der Waals surface area contributed by atoms with Crippen LogP contribution in [0.25, 0.3) is 0 Å². The molecule has 1 amide bonds. The highest BCUT2D eigenvalue weighted by molar-refractivity contribution is 7.14. The molecule has 1 aromatic heterocycles. The summed E-state index contributed by atoms with van der Waals surface area (Å²) < 4.78 is 0. The molecular weight excluding hydrogens is 222 g/mol. The van der Waals surface area contributed by atoms with Gasteiger partial charge in [-0.1, -0.05) is 6.92 Å². The summed E-state index contributed by atoms with van der Waals surface area (Å²) in [6.45, 7) is 4.22. The quantitative estimate of drug-likeness (QED) is 0.802. The Morgan fingerprint density at radius 1 is 1.56 bits per heavy atom. The van der Waals surface area contributed by atoms with E-state index in [2.05, 4.69) is 12.2 Å². The third kappa shape index (κ3) is 3.94. The van der Waals surface area contributed by atoms with Gasteiger partial charge in [0, 0.05) is 17.5 Å². The number of aliphatic hydroxyl groups excluding tert-OH is 1. The van der Waals surface area contributed by atoms with Crippen LogP contribution in [0.3, 0.4) is 0 Å². The van der Waals surface area contributed by atoms with Crippen LogP contribution in [-0.4, -0.2) is 23.7 Å². The first-order valence-electron chi connectivity index (χ1n) is 5.67. The van der Waals surface area contributed by atoms with Gasteiger partial charge in [-0.25, -0.2) is 0 Å². The lowest BCUT2D eigenvalue weighted by Gasteiger charge is -2.11. The van der Waals surface area contributed by atoms with Crippen molar-refractivity contribution in [3.8, 4) is 0 Å². The van der Waals surface area contributed by atoms with Gasteiger partial charge in [-0.05, 0) is 38.3 Å². The predicted octanol–water partition coefficient (Wildman–Crippen LogP) is 2.20. The molecule has 0 aliphatic rings. The van der Waals surface area contributed by atoms with E-state index in [4.69, 9.17) is 5.11 Å². The van der Waals surface area contributed by atoms with Gasteiger partial charge < -0.3 is 10.4 Å². The van der Waals surface area contributed by atoms with Crippen LogP contribution in [0.1, 0.15) is 41.2 Å². The number of carbonyl (C=O) groups is 1. The summed E-state index contributed by atoms with van der Waals surface area (Å²) in [7, 11) is 0. The molecule has 1 atom stereocenters. The van der Waals surface area contributed by atoms with Crippen molar-refractivity contribution in [3.05, 3.63) is 21.9 Å². The average molecular weight is 241 g/mol. The number of aryl methyl sites for hydroxylation is 1. The van der Waals surface area contributed by atoms with E-state index in [0.29, 0.717) is 0 Å². The zero-order valence-electron chi connectivity index (χ0n) is 9.82. The van der Waals surface area contributed by atoms with Crippen molar-refractivity contribution in [2.75, 3.05) is 6.61 Å². The maximum absolute atomic E-state index is 11.8. The third-order valence-electron chi connectivity index (χ3n) is 2.41. The van der Waals surface area contributed by atoms with E-state index in [1.165, 1.54) is 4.88 Å². The van der Waals surface area contributed by atoms with Gasteiger partial charge in [-0.15, -0.1) is 11.3 Å². The fraction of sp³-hybridized carbons (Fsp3) is 0.583. The topological polar surface area (TPSA) is 49.3 Å². The highest BCUT2D eigenvalue weighted by Gasteiger charge is 2.11. The van der Waals surface area contributed by atoms with E-state index in [1.807, 2.05) is 19.1 Å². The van der Waals surface area contributed by atoms with Gasteiger partial charge in [0.2, 0.25) is 0 Å². The summed E-state index contributed by atoms with van der Waals surface area (Å²) in [6, 6.07) is 3.99. The molecule has 1 unspecified atom stereocenters. The van der Waals surface area contributed by atoms with Crippen LogP contribution in [0.4, 0.5) is 0 Å². The number of carbonyl (C=O) groups excluding carboxylic acids is 1. The number of thiophene rings is 1. The Hall–Kier alpha value is -0.870. The van der Waals surface area contributed by atoms with E-state index in [9.17, 15) is 4.79 Å². The first kappa shape index (κ1) is 13.2. The van der Waals surface area contributed by atoms with Gasteiger partial charge in [0.25, 0.3) is 5.91 Å². The Balaban J connectivity index is 2.45. The molecule has 4 heteroatoms. The molecular formula is C12H19NO2S. The molecule has 1 heterocycles. The molecule has 0 saturated carbocycles. The Morgan fingerprint density at radius 3 is 2.88 bits per heavy atom. The first-order valence-corrected chi connectivity index (χ1v) is 6.49. The summed E-state index contributed by atoms with van der Waals surface area (Å²) in [4.78, 5) is 13.8. The highest BCUT2D eigenvalue weighted by Crippen LogP contribution is 2.16. The minimum Gasteiger partial charge on any atom is -0.396 e. The second-order valence-corrected chi connectivity index (χ2v) is 5.03. The molecule has 1 aromatic rings.